The number of nitrogens with two attached hydrogens (primary N) is 1. The molecule has 0 aliphatic heterocycles. The van der Waals surface area contributed by atoms with Crippen molar-refractivity contribution >= 4 is 11.9 Å². The highest BCUT2D eigenvalue weighted by atomic mass is 16.5. The van der Waals surface area contributed by atoms with Crippen molar-refractivity contribution in [1.29, 1.82) is 0 Å². The van der Waals surface area contributed by atoms with E-state index in [4.69, 9.17) is 10.5 Å². The van der Waals surface area contributed by atoms with Crippen LogP contribution in [0.3, 0.4) is 0 Å². The van der Waals surface area contributed by atoms with Crippen molar-refractivity contribution in [3.8, 4) is 5.75 Å². The van der Waals surface area contributed by atoms with Crippen molar-refractivity contribution in [3.05, 3.63) is 29.3 Å². The number of carbonyl (C=O) groups is 2. The molecule has 0 aliphatic carbocycles. The monoisotopic (exact) mass is 279 g/mol. The van der Waals surface area contributed by atoms with Gasteiger partial charge in [0.1, 0.15) is 5.75 Å². The van der Waals surface area contributed by atoms with Gasteiger partial charge in [0.15, 0.2) is 6.73 Å². The fourth-order valence-corrected chi connectivity index (χ4v) is 1.76. The Bertz CT molecular complexity index is 489. The standard InChI is InChI=1S/C14H21N3O3/c1-10-4-5-13(11(2)8-10)20-9-16-14(19)17(7-6-15)12(3)18/h4-5,8H,6-7,9,15H2,1-3H3,(H,16,19). The number of amides is 3. The van der Waals surface area contributed by atoms with Gasteiger partial charge in [0, 0.05) is 20.0 Å². The number of imide groups is 1. The minimum atomic E-state index is -0.507. The van der Waals surface area contributed by atoms with Crippen molar-refractivity contribution in [2.24, 2.45) is 5.73 Å². The molecule has 0 saturated heterocycles. The zero-order chi connectivity index (χ0) is 15.1. The minimum absolute atomic E-state index is 0.00289. The van der Waals surface area contributed by atoms with E-state index in [1.165, 1.54) is 6.92 Å². The van der Waals surface area contributed by atoms with E-state index in [-0.39, 0.29) is 25.7 Å². The number of rotatable bonds is 5. The van der Waals surface area contributed by atoms with Gasteiger partial charge >= 0.3 is 6.03 Å². The third kappa shape index (κ3) is 4.55. The molecule has 3 N–H and O–H groups in total. The summed E-state index contributed by atoms with van der Waals surface area (Å²) in [5.41, 5.74) is 7.49. The number of ether oxygens (including phenoxy) is 1. The summed E-state index contributed by atoms with van der Waals surface area (Å²) >= 11 is 0. The normalized spacial score (nSPS) is 10.0. The van der Waals surface area contributed by atoms with E-state index in [2.05, 4.69) is 5.32 Å². The molecule has 1 rings (SSSR count). The molecule has 6 nitrogen and oxygen atoms in total. The second-order valence-corrected chi connectivity index (χ2v) is 4.50. The van der Waals surface area contributed by atoms with Crippen LogP contribution in [0.4, 0.5) is 4.79 Å². The molecule has 0 fully saturated rings. The van der Waals surface area contributed by atoms with Gasteiger partial charge in [-0.2, -0.15) is 0 Å². The van der Waals surface area contributed by atoms with Crippen LogP contribution < -0.4 is 15.8 Å². The first kappa shape index (κ1) is 16.0. The maximum absolute atomic E-state index is 11.8. The average molecular weight is 279 g/mol. The predicted octanol–water partition coefficient (Wildman–Crippen LogP) is 1.16. The smallest absolute Gasteiger partial charge is 0.326 e. The molecular formula is C14H21N3O3. The molecule has 110 valence electrons. The first-order valence-electron chi connectivity index (χ1n) is 6.41. The van der Waals surface area contributed by atoms with Gasteiger partial charge in [0.2, 0.25) is 5.91 Å². The molecule has 20 heavy (non-hydrogen) atoms. The first-order valence-corrected chi connectivity index (χ1v) is 6.41. The van der Waals surface area contributed by atoms with Gasteiger partial charge in [-0.25, -0.2) is 4.79 Å². The molecule has 0 aliphatic rings. The highest BCUT2D eigenvalue weighted by Gasteiger charge is 2.16. The summed E-state index contributed by atoms with van der Waals surface area (Å²) in [5.74, 6) is 0.351. The van der Waals surface area contributed by atoms with Crippen LogP contribution in [-0.4, -0.2) is 36.7 Å². The van der Waals surface area contributed by atoms with Crippen LogP contribution >= 0.6 is 0 Å². The SMILES string of the molecule is CC(=O)N(CCN)C(=O)NCOc1ccc(C)cc1C. The second kappa shape index (κ2) is 7.49. The molecule has 0 bridgehead atoms. The van der Waals surface area contributed by atoms with E-state index in [9.17, 15) is 9.59 Å². The lowest BCUT2D eigenvalue weighted by molar-refractivity contribution is -0.125. The Morgan fingerprint density at radius 2 is 2.05 bits per heavy atom. The third-order valence-electron chi connectivity index (χ3n) is 2.76. The van der Waals surface area contributed by atoms with Crippen LogP contribution in [0.15, 0.2) is 18.2 Å². The van der Waals surface area contributed by atoms with E-state index in [1.54, 1.807) is 0 Å². The van der Waals surface area contributed by atoms with Crippen LogP contribution in [0.2, 0.25) is 0 Å². The topological polar surface area (TPSA) is 84.7 Å². The Kier molecular flexibility index (Phi) is 5.99. The number of benzene rings is 1. The molecule has 3 amide bonds. The van der Waals surface area contributed by atoms with Crippen LogP contribution in [0.5, 0.6) is 5.75 Å². The van der Waals surface area contributed by atoms with Crippen molar-refractivity contribution in [2.75, 3.05) is 19.8 Å². The fourth-order valence-electron chi connectivity index (χ4n) is 1.76. The highest BCUT2D eigenvalue weighted by molar-refractivity contribution is 5.93. The zero-order valence-corrected chi connectivity index (χ0v) is 12.1. The number of aryl methyl sites for hydroxylation is 2. The molecular weight excluding hydrogens is 258 g/mol. The van der Waals surface area contributed by atoms with Gasteiger partial charge in [-0.3, -0.25) is 9.69 Å². The minimum Gasteiger partial charge on any atom is -0.473 e. The van der Waals surface area contributed by atoms with E-state index in [1.807, 2.05) is 32.0 Å². The Morgan fingerprint density at radius 3 is 2.60 bits per heavy atom. The van der Waals surface area contributed by atoms with Gasteiger partial charge in [-0.05, 0) is 25.5 Å². The van der Waals surface area contributed by atoms with Crippen LogP contribution in [-0.2, 0) is 4.79 Å². The first-order chi connectivity index (χ1) is 9.45. The van der Waals surface area contributed by atoms with Gasteiger partial charge in [0.05, 0.1) is 0 Å². The van der Waals surface area contributed by atoms with Gasteiger partial charge in [-0.15, -0.1) is 0 Å². The van der Waals surface area contributed by atoms with E-state index in [0.717, 1.165) is 16.0 Å². The van der Waals surface area contributed by atoms with E-state index >= 15 is 0 Å². The molecule has 0 unspecified atom stereocenters. The molecule has 0 aromatic heterocycles. The predicted molar refractivity (Wildman–Crippen MR) is 76.4 cm³/mol. The van der Waals surface area contributed by atoms with E-state index in [0.29, 0.717) is 5.75 Å². The molecule has 0 saturated carbocycles. The maximum atomic E-state index is 11.8. The zero-order valence-electron chi connectivity index (χ0n) is 12.1. The van der Waals surface area contributed by atoms with Crippen LogP contribution in [0, 0.1) is 13.8 Å². The number of nitrogens with one attached hydrogen (secondary N) is 1. The molecule has 6 heteroatoms. The summed E-state index contributed by atoms with van der Waals surface area (Å²) in [5, 5.41) is 2.53. The third-order valence-corrected chi connectivity index (χ3v) is 2.76. The Hall–Kier alpha value is -2.08. The molecule has 0 radical (unpaired) electrons. The summed E-state index contributed by atoms with van der Waals surface area (Å²) in [4.78, 5) is 24.1. The lowest BCUT2D eigenvalue weighted by Crippen LogP contribution is -2.46. The lowest BCUT2D eigenvalue weighted by Gasteiger charge is -2.19. The number of carbonyl (C=O) groups excluding carboxylic acids is 2. The summed E-state index contributed by atoms with van der Waals surface area (Å²) in [6.45, 7) is 5.66. The maximum Gasteiger partial charge on any atom is 0.326 e. The molecule has 1 aromatic carbocycles. The summed E-state index contributed by atoms with van der Waals surface area (Å²) in [6.07, 6.45) is 0. The van der Waals surface area contributed by atoms with Crippen molar-refractivity contribution in [1.82, 2.24) is 10.2 Å². The second-order valence-electron chi connectivity index (χ2n) is 4.50. The van der Waals surface area contributed by atoms with Crippen molar-refractivity contribution < 1.29 is 14.3 Å². The number of urea groups is 1. The quantitative estimate of drug-likeness (QED) is 0.792. The highest BCUT2D eigenvalue weighted by Crippen LogP contribution is 2.18. The molecule has 0 heterocycles. The number of nitrogens with zero attached hydrogens (tertiary/aromatic N) is 1. The average Bonchev–Trinajstić information content (AvgIpc) is 2.38. The number of hydrogen-bond donors (Lipinski definition) is 2. The number of hydrogen-bond acceptors (Lipinski definition) is 4. The largest absolute Gasteiger partial charge is 0.473 e. The van der Waals surface area contributed by atoms with Gasteiger partial charge in [0.25, 0.3) is 0 Å². The lowest BCUT2D eigenvalue weighted by atomic mass is 10.1. The molecule has 1 aromatic rings. The van der Waals surface area contributed by atoms with Crippen LogP contribution in [0.1, 0.15) is 18.1 Å². The summed E-state index contributed by atoms with van der Waals surface area (Å²) < 4.78 is 5.47. The van der Waals surface area contributed by atoms with Gasteiger partial charge in [-0.1, -0.05) is 17.7 Å². The van der Waals surface area contributed by atoms with E-state index < -0.39 is 6.03 Å². The molecule has 0 atom stereocenters. The van der Waals surface area contributed by atoms with Gasteiger partial charge < -0.3 is 15.8 Å². The van der Waals surface area contributed by atoms with Crippen molar-refractivity contribution in [2.45, 2.75) is 20.8 Å². The Morgan fingerprint density at radius 1 is 1.35 bits per heavy atom. The molecule has 0 spiro atoms. The summed E-state index contributed by atoms with van der Waals surface area (Å²) in [6, 6.07) is 5.26. The van der Waals surface area contributed by atoms with Crippen molar-refractivity contribution in [3.63, 3.8) is 0 Å². The van der Waals surface area contributed by atoms with Crippen LogP contribution in [0.25, 0.3) is 0 Å². The Balaban J connectivity index is 2.50. The fraction of sp³-hybridized carbons (Fsp3) is 0.429. The summed E-state index contributed by atoms with van der Waals surface area (Å²) in [7, 11) is 0. The Labute approximate surface area is 118 Å².